The molecule has 60 heavy (non-hydrogen) atoms. The first-order valence-corrected chi connectivity index (χ1v) is 23.3. The van der Waals surface area contributed by atoms with E-state index in [1.165, 1.54) is 21.2 Å². The smallest absolute Gasteiger partial charge is 0.163 e. The fourth-order valence-corrected chi connectivity index (χ4v) is 14.0. The van der Waals surface area contributed by atoms with Gasteiger partial charge in [-0.3, -0.25) is 9.59 Å². The zero-order chi connectivity index (χ0) is 40.7. The van der Waals surface area contributed by atoms with Crippen LogP contribution in [-0.4, -0.2) is 11.6 Å². The lowest BCUT2D eigenvalue weighted by atomic mass is 9.96. The van der Waals surface area contributed by atoms with Gasteiger partial charge in [0.25, 0.3) is 0 Å². The molecule has 9 rings (SSSR count). The van der Waals surface area contributed by atoms with E-state index >= 15 is 0 Å². The highest BCUT2D eigenvalue weighted by atomic mass is 31.1. The lowest BCUT2D eigenvalue weighted by Crippen LogP contribution is -2.21. The average molecular weight is 811 g/mol. The number of carbonyl (C=O) groups excluding carboxylic acids is 2. The van der Waals surface area contributed by atoms with Crippen LogP contribution in [0.15, 0.2) is 231 Å². The quantitative estimate of drug-likeness (QED) is 0.0810. The summed E-state index contributed by atoms with van der Waals surface area (Å²) in [4.78, 5) is 29.4. The third-order valence-electron chi connectivity index (χ3n) is 11.3. The molecular weight excluding hydrogens is 767 g/mol. The van der Waals surface area contributed by atoms with Gasteiger partial charge in [-0.2, -0.15) is 0 Å². The van der Waals surface area contributed by atoms with Gasteiger partial charge in [0.15, 0.2) is 11.6 Å². The molecule has 0 spiro atoms. The molecule has 0 heterocycles. The molecule has 0 radical (unpaired) electrons. The van der Waals surface area contributed by atoms with Crippen molar-refractivity contribution in [1.82, 2.24) is 0 Å². The predicted molar refractivity (Wildman–Crippen MR) is 256 cm³/mol. The monoisotopic (exact) mass is 810 g/mol. The van der Waals surface area contributed by atoms with E-state index in [2.05, 4.69) is 182 Å². The molecule has 0 fully saturated rings. The zero-order valence-corrected chi connectivity index (χ0v) is 35.0. The van der Waals surface area contributed by atoms with E-state index in [1.807, 2.05) is 48.5 Å². The van der Waals surface area contributed by atoms with E-state index in [0.717, 1.165) is 43.8 Å². The molecule has 0 aliphatic rings. The van der Waals surface area contributed by atoms with Gasteiger partial charge in [0.1, 0.15) is 0 Å². The maximum atomic E-state index is 14.7. The van der Waals surface area contributed by atoms with Gasteiger partial charge in [-0.15, -0.1) is 0 Å². The van der Waals surface area contributed by atoms with Crippen LogP contribution in [0.5, 0.6) is 0 Å². The number of hydrogen-bond donors (Lipinski definition) is 0. The molecule has 4 heteroatoms. The molecular formula is C56H44O2P2. The van der Waals surface area contributed by atoms with Gasteiger partial charge >= 0.3 is 0 Å². The van der Waals surface area contributed by atoms with Crippen LogP contribution in [0.2, 0.25) is 0 Å². The van der Waals surface area contributed by atoms with Gasteiger partial charge < -0.3 is 0 Å². The first-order chi connectivity index (χ1) is 29.6. The van der Waals surface area contributed by atoms with Crippen LogP contribution < -0.4 is 21.2 Å². The van der Waals surface area contributed by atoms with E-state index in [0.29, 0.717) is 12.8 Å². The standard InChI is InChI=1S/C56H44O2P2/c57-53(45-34-32-41-18-13-15-20-43(41)36-45)39-55(59(49-24-5-1-6-25-49)50-26-7-2-8-27-50)47-22-17-23-48(38-47)56(40-54(58)46-35-33-42-19-14-16-21-44(42)37-46)60(51-28-9-3-10-29-51)52-30-11-4-12-31-52/h1-38,55-56H,39-40H2/t55-,56-/m0/s1. The number of Topliss-reactive ketones (excluding diaryl/α,β-unsaturated/α-hetero) is 2. The Bertz CT molecular complexity index is 2600. The van der Waals surface area contributed by atoms with E-state index in [9.17, 15) is 9.59 Å². The minimum atomic E-state index is -1.04. The molecule has 0 N–H and O–H groups in total. The highest BCUT2D eigenvalue weighted by molar-refractivity contribution is 7.73. The summed E-state index contributed by atoms with van der Waals surface area (Å²) >= 11 is 0. The van der Waals surface area contributed by atoms with E-state index in [-0.39, 0.29) is 22.9 Å². The molecule has 2 atom stereocenters. The van der Waals surface area contributed by atoms with Gasteiger partial charge in [0.05, 0.1) is 0 Å². The second kappa shape index (κ2) is 18.3. The van der Waals surface area contributed by atoms with Gasteiger partial charge in [-0.25, -0.2) is 0 Å². The molecule has 9 aromatic carbocycles. The Labute approximate surface area is 355 Å². The van der Waals surface area contributed by atoms with Gasteiger partial charge in [0, 0.05) is 35.3 Å². The fourth-order valence-electron chi connectivity index (χ4n) is 8.37. The molecule has 0 unspecified atom stereocenters. The molecule has 0 saturated heterocycles. The lowest BCUT2D eigenvalue weighted by Gasteiger charge is -2.32. The summed E-state index contributed by atoms with van der Waals surface area (Å²) in [6.45, 7) is 0. The fraction of sp³-hybridized carbons (Fsp3) is 0.0714. The third-order valence-corrected chi connectivity index (χ3v) is 17.0. The highest BCUT2D eigenvalue weighted by Gasteiger charge is 2.32. The van der Waals surface area contributed by atoms with Crippen molar-refractivity contribution in [1.29, 1.82) is 0 Å². The van der Waals surface area contributed by atoms with Crippen molar-refractivity contribution in [3.8, 4) is 0 Å². The Morgan fingerprint density at radius 2 is 0.633 bits per heavy atom. The molecule has 0 amide bonds. The molecule has 2 nitrogen and oxygen atoms in total. The number of fused-ring (bicyclic) bond motifs is 2. The van der Waals surface area contributed by atoms with Crippen molar-refractivity contribution in [2.45, 2.75) is 24.2 Å². The summed E-state index contributed by atoms with van der Waals surface area (Å²) in [5.74, 6) is 0.240. The van der Waals surface area contributed by atoms with E-state index in [1.54, 1.807) is 0 Å². The zero-order valence-electron chi connectivity index (χ0n) is 33.2. The summed E-state index contributed by atoms with van der Waals surface area (Å²) < 4.78 is 0. The third kappa shape index (κ3) is 8.68. The first kappa shape index (κ1) is 39.2. The number of hydrogen-bond acceptors (Lipinski definition) is 2. The van der Waals surface area contributed by atoms with Crippen LogP contribution in [0.25, 0.3) is 21.5 Å². The first-order valence-electron chi connectivity index (χ1n) is 20.5. The van der Waals surface area contributed by atoms with E-state index < -0.39 is 15.8 Å². The number of carbonyl (C=O) groups is 2. The number of ketones is 2. The summed E-state index contributed by atoms with van der Waals surface area (Å²) in [5.41, 5.74) is 3.39. The molecule has 0 bridgehead atoms. The van der Waals surface area contributed by atoms with Crippen molar-refractivity contribution in [3.63, 3.8) is 0 Å². The SMILES string of the molecule is O=C(C[C@@H](c1cccc([C@H](CC(=O)c2ccc3ccccc3c2)P(c2ccccc2)c2ccccc2)c1)P(c1ccccc1)c1ccccc1)c1ccc2ccccc2c1. The summed E-state index contributed by atoms with van der Waals surface area (Å²) in [6.07, 6.45) is 0.675. The molecule has 0 saturated carbocycles. The molecule has 0 aliphatic carbocycles. The minimum Gasteiger partial charge on any atom is -0.294 e. The van der Waals surface area contributed by atoms with Crippen LogP contribution in [-0.2, 0) is 0 Å². The van der Waals surface area contributed by atoms with Crippen LogP contribution in [0.3, 0.4) is 0 Å². The maximum absolute atomic E-state index is 14.7. The summed E-state index contributed by atoms with van der Waals surface area (Å²) in [7, 11) is -2.07. The Hall–Kier alpha value is -6.30. The van der Waals surface area contributed by atoms with Gasteiger partial charge in [-0.05, 0) is 81.9 Å². The number of benzene rings is 9. The van der Waals surface area contributed by atoms with Gasteiger partial charge in [-0.1, -0.05) is 218 Å². The molecule has 0 aliphatic heterocycles. The lowest BCUT2D eigenvalue weighted by molar-refractivity contribution is 0.0974. The van der Waals surface area contributed by atoms with Crippen LogP contribution in [0.1, 0.15) is 56.0 Å². The minimum absolute atomic E-state index is 0.120. The second-order valence-electron chi connectivity index (χ2n) is 15.2. The Morgan fingerprint density at radius 3 is 0.983 bits per heavy atom. The van der Waals surface area contributed by atoms with Crippen molar-refractivity contribution in [2.75, 3.05) is 0 Å². The van der Waals surface area contributed by atoms with Gasteiger partial charge in [0.2, 0.25) is 0 Å². The van der Waals surface area contributed by atoms with Crippen molar-refractivity contribution in [3.05, 3.63) is 253 Å². The molecule has 9 aromatic rings. The van der Waals surface area contributed by atoms with Crippen LogP contribution in [0, 0.1) is 0 Å². The summed E-state index contributed by atoms with van der Waals surface area (Å²) in [5, 5.41) is 9.24. The Kier molecular flexibility index (Phi) is 12.0. The summed E-state index contributed by atoms with van der Waals surface area (Å²) in [6, 6.07) is 80.3. The molecule has 290 valence electrons. The maximum Gasteiger partial charge on any atom is 0.163 e. The van der Waals surface area contributed by atoms with E-state index in [4.69, 9.17) is 0 Å². The number of rotatable bonds is 14. The van der Waals surface area contributed by atoms with Crippen molar-refractivity contribution in [2.24, 2.45) is 0 Å². The largest absolute Gasteiger partial charge is 0.294 e. The van der Waals surface area contributed by atoms with Crippen molar-refractivity contribution < 1.29 is 9.59 Å². The topological polar surface area (TPSA) is 34.1 Å². The van der Waals surface area contributed by atoms with Crippen LogP contribution in [0.4, 0.5) is 0 Å². The predicted octanol–water partition coefficient (Wildman–Crippen LogP) is 12.9. The Balaban J connectivity index is 1.19. The second-order valence-corrected chi connectivity index (χ2v) is 20.0. The van der Waals surface area contributed by atoms with Crippen molar-refractivity contribution >= 4 is 70.2 Å². The molecule has 0 aromatic heterocycles. The normalized spacial score (nSPS) is 12.4. The highest BCUT2D eigenvalue weighted by Crippen LogP contribution is 2.55. The van der Waals surface area contributed by atoms with Crippen LogP contribution >= 0.6 is 15.8 Å². The average Bonchev–Trinajstić information content (AvgIpc) is 3.32. The Morgan fingerprint density at radius 1 is 0.317 bits per heavy atom.